The highest BCUT2D eigenvalue weighted by Gasteiger charge is 2.33. The number of hydrogen-bond donors (Lipinski definition) is 1. The van der Waals surface area contributed by atoms with Crippen molar-refractivity contribution in [1.29, 1.82) is 0 Å². The SMILES string of the molecule is CC(C)N1CCc2nc(C3CCCN3C(=O)Cc3ccc4c(c3)OCO4)[nH]c(=O)c2C1. The van der Waals surface area contributed by atoms with Gasteiger partial charge in [-0.15, -0.1) is 0 Å². The maximum absolute atomic E-state index is 13.1. The molecule has 1 atom stereocenters. The third-order valence-corrected chi connectivity index (χ3v) is 6.53. The van der Waals surface area contributed by atoms with Crippen molar-refractivity contribution >= 4 is 5.91 Å². The number of nitrogens with zero attached hydrogens (tertiary/aromatic N) is 3. The van der Waals surface area contributed by atoms with Gasteiger partial charge in [0.05, 0.1) is 23.7 Å². The van der Waals surface area contributed by atoms with E-state index in [1.54, 1.807) is 0 Å². The fourth-order valence-corrected chi connectivity index (χ4v) is 4.74. The second kappa shape index (κ2) is 8.00. The van der Waals surface area contributed by atoms with Gasteiger partial charge >= 0.3 is 0 Å². The lowest BCUT2D eigenvalue weighted by atomic mass is 10.0. The minimum atomic E-state index is -0.178. The van der Waals surface area contributed by atoms with E-state index in [-0.39, 0.29) is 30.7 Å². The molecule has 2 aromatic rings. The summed E-state index contributed by atoms with van der Waals surface area (Å²) in [7, 11) is 0. The van der Waals surface area contributed by atoms with Crippen LogP contribution in [0.25, 0.3) is 0 Å². The molecule has 0 bridgehead atoms. The van der Waals surface area contributed by atoms with Crippen molar-refractivity contribution in [2.24, 2.45) is 0 Å². The molecule has 4 heterocycles. The number of nitrogens with one attached hydrogen (secondary N) is 1. The zero-order chi connectivity index (χ0) is 21.5. The highest BCUT2D eigenvalue weighted by molar-refractivity contribution is 5.79. The van der Waals surface area contributed by atoms with E-state index in [9.17, 15) is 9.59 Å². The summed E-state index contributed by atoms with van der Waals surface area (Å²) in [6.45, 7) is 6.71. The molecular formula is C23H28N4O4. The smallest absolute Gasteiger partial charge is 0.255 e. The summed E-state index contributed by atoms with van der Waals surface area (Å²) in [4.78, 5) is 37.9. The van der Waals surface area contributed by atoms with E-state index >= 15 is 0 Å². The van der Waals surface area contributed by atoms with Gasteiger partial charge in [-0.1, -0.05) is 6.07 Å². The van der Waals surface area contributed by atoms with Gasteiger partial charge in [0.15, 0.2) is 11.5 Å². The molecule has 1 saturated heterocycles. The molecule has 1 aromatic heterocycles. The van der Waals surface area contributed by atoms with Crippen LogP contribution in [0.1, 0.15) is 55.4 Å². The molecule has 1 amide bonds. The number of aromatic amines is 1. The Morgan fingerprint density at radius 3 is 2.94 bits per heavy atom. The second-order valence-electron chi connectivity index (χ2n) is 8.80. The van der Waals surface area contributed by atoms with E-state index in [1.165, 1.54) is 0 Å². The average Bonchev–Trinajstić information content (AvgIpc) is 3.42. The van der Waals surface area contributed by atoms with Gasteiger partial charge in [0, 0.05) is 32.1 Å². The van der Waals surface area contributed by atoms with Gasteiger partial charge in [0.25, 0.3) is 5.56 Å². The minimum Gasteiger partial charge on any atom is -0.454 e. The van der Waals surface area contributed by atoms with Crippen molar-refractivity contribution in [3.63, 3.8) is 0 Å². The Bertz CT molecular complexity index is 1060. The van der Waals surface area contributed by atoms with Crippen LogP contribution < -0.4 is 15.0 Å². The lowest BCUT2D eigenvalue weighted by Gasteiger charge is -2.31. The molecule has 1 unspecified atom stereocenters. The van der Waals surface area contributed by atoms with Gasteiger partial charge < -0.3 is 19.4 Å². The maximum Gasteiger partial charge on any atom is 0.255 e. The number of aromatic nitrogens is 2. The van der Waals surface area contributed by atoms with Crippen LogP contribution in [0.3, 0.4) is 0 Å². The van der Waals surface area contributed by atoms with E-state index in [0.29, 0.717) is 36.5 Å². The normalized spacial score (nSPS) is 20.4. The molecule has 0 radical (unpaired) electrons. The molecule has 1 aromatic carbocycles. The number of benzene rings is 1. The monoisotopic (exact) mass is 424 g/mol. The quantitative estimate of drug-likeness (QED) is 0.809. The molecule has 31 heavy (non-hydrogen) atoms. The first kappa shape index (κ1) is 20.1. The molecule has 164 valence electrons. The minimum absolute atomic E-state index is 0.0349. The van der Waals surface area contributed by atoms with Gasteiger partial charge in [0.1, 0.15) is 5.82 Å². The highest BCUT2D eigenvalue weighted by Crippen LogP contribution is 2.34. The second-order valence-corrected chi connectivity index (χ2v) is 8.80. The summed E-state index contributed by atoms with van der Waals surface area (Å²) < 4.78 is 10.8. The number of carbonyl (C=O) groups excluding carboxylic acids is 1. The van der Waals surface area contributed by atoms with Crippen LogP contribution in [0, 0.1) is 0 Å². The summed E-state index contributed by atoms with van der Waals surface area (Å²) in [6.07, 6.45) is 2.76. The number of H-pyrrole nitrogens is 1. The van der Waals surface area contributed by atoms with Crippen molar-refractivity contribution in [3.8, 4) is 11.5 Å². The first-order valence-corrected chi connectivity index (χ1v) is 11.0. The predicted molar refractivity (Wildman–Crippen MR) is 114 cm³/mol. The highest BCUT2D eigenvalue weighted by atomic mass is 16.7. The van der Waals surface area contributed by atoms with Crippen molar-refractivity contribution in [2.45, 2.75) is 58.2 Å². The Kier molecular flexibility index (Phi) is 5.17. The molecule has 1 N–H and O–H groups in total. The van der Waals surface area contributed by atoms with Crippen LogP contribution >= 0.6 is 0 Å². The number of rotatable bonds is 4. The molecule has 8 nitrogen and oxygen atoms in total. The Hall–Kier alpha value is -2.87. The van der Waals surface area contributed by atoms with Crippen molar-refractivity contribution in [1.82, 2.24) is 19.8 Å². The zero-order valence-corrected chi connectivity index (χ0v) is 18.0. The fourth-order valence-electron chi connectivity index (χ4n) is 4.74. The van der Waals surface area contributed by atoms with Gasteiger partial charge in [0.2, 0.25) is 12.7 Å². The van der Waals surface area contributed by atoms with Gasteiger partial charge in [-0.25, -0.2) is 4.98 Å². The standard InChI is InChI=1S/C23H28N4O4/c1-14(2)26-9-7-17-16(12-26)23(29)25-22(24-17)18-4-3-8-27(18)21(28)11-15-5-6-19-20(10-15)31-13-30-19/h5-6,10,14,18H,3-4,7-9,11-13H2,1-2H3,(H,24,25,29). The molecule has 3 aliphatic rings. The number of carbonyl (C=O) groups is 1. The average molecular weight is 425 g/mol. The van der Waals surface area contributed by atoms with Crippen molar-refractivity contribution < 1.29 is 14.3 Å². The fraction of sp³-hybridized carbons (Fsp3) is 0.522. The number of ether oxygens (including phenoxy) is 2. The molecule has 0 saturated carbocycles. The molecular weight excluding hydrogens is 396 g/mol. The molecule has 3 aliphatic heterocycles. The maximum atomic E-state index is 13.1. The molecule has 8 heteroatoms. The van der Waals surface area contributed by atoms with Crippen LogP contribution in [-0.2, 0) is 24.2 Å². The third-order valence-electron chi connectivity index (χ3n) is 6.53. The van der Waals surface area contributed by atoms with E-state index in [2.05, 4.69) is 23.7 Å². The Morgan fingerprint density at radius 2 is 2.10 bits per heavy atom. The molecule has 5 rings (SSSR count). The Morgan fingerprint density at radius 1 is 1.26 bits per heavy atom. The molecule has 1 fully saturated rings. The first-order chi connectivity index (χ1) is 15.0. The topological polar surface area (TPSA) is 87.8 Å². The van der Waals surface area contributed by atoms with Crippen LogP contribution in [0.2, 0.25) is 0 Å². The van der Waals surface area contributed by atoms with E-state index in [1.807, 2.05) is 23.1 Å². The van der Waals surface area contributed by atoms with Gasteiger partial charge in [-0.3, -0.25) is 14.5 Å². The lowest BCUT2D eigenvalue weighted by molar-refractivity contribution is -0.131. The summed E-state index contributed by atoms with van der Waals surface area (Å²) in [5.74, 6) is 2.05. The van der Waals surface area contributed by atoms with Gasteiger partial charge in [-0.05, 0) is 44.4 Å². The summed E-state index contributed by atoms with van der Waals surface area (Å²) in [5, 5.41) is 0. The van der Waals surface area contributed by atoms with E-state index in [4.69, 9.17) is 14.5 Å². The van der Waals surface area contributed by atoms with Gasteiger partial charge in [-0.2, -0.15) is 0 Å². The number of fused-ring (bicyclic) bond motifs is 2. The third kappa shape index (κ3) is 3.80. The van der Waals surface area contributed by atoms with E-state index in [0.717, 1.165) is 42.6 Å². The van der Waals surface area contributed by atoms with Crippen LogP contribution in [0.15, 0.2) is 23.0 Å². The van der Waals surface area contributed by atoms with E-state index < -0.39 is 0 Å². The van der Waals surface area contributed by atoms with Crippen LogP contribution in [-0.4, -0.2) is 51.6 Å². The number of amides is 1. The Labute approximate surface area is 181 Å². The predicted octanol–water partition coefficient (Wildman–Crippen LogP) is 2.17. The van der Waals surface area contributed by atoms with Crippen molar-refractivity contribution in [2.75, 3.05) is 19.9 Å². The lowest BCUT2D eigenvalue weighted by Crippen LogP contribution is -2.40. The number of hydrogen-bond acceptors (Lipinski definition) is 6. The molecule has 0 spiro atoms. The molecule has 0 aliphatic carbocycles. The Balaban J connectivity index is 1.35. The summed E-state index contributed by atoms with van der Waals surface area (Å²) in [6, 6.07) is 5.82. The van der Waals surface area contributed by atoms with Crippen molar-refractivity contribution in [3.05, 3.63) is 51.2 Å². The van der Waals surface area contributed by atoms with Crippen LogP contribution in [0.4, 0.5) is 0 Å². The summed E-state index contributed by atoms with van der Waals surface area (Å²) in [5.41, 5.74) is 2.46. The van der Waals surface area contributed by atoms with Crippen LogP contribution in [0.5, 0.6) is 11.5 Å². The number of likely N-dealkylation sites (tertiary alicyclic amines) is 1. The largest absolute Gasteiger partial charge is 0.454 e. The first-order valence-electron chi connectivity index (χ1n) is 11.0. The zero-order valence-electron chi connectivity index (χ0n) is 18.0. The summed E-state index contributed by atoms with van der Waals surface area (Å²) >= 11 is 0.